The number of rotatable bonds is 5. The molecular formula is C102H60N8O4. The normalized spacial score (nSPS) is 11.8. The highest BCUT2D eigenvalue weighted by Gasteiger charge is 2.24. The van der Waals surface area contributed by atoms with Gasteiger partial charge in [0.15, 0.2) is 0 Å². The maximum absolute atomic E-state index is 13.8. The second-order valence-electron chi connectivity index (χ2n) is 28.9. The topological polar surface area (TPSA) is 137 Å². The van der Waals surface area contributed by atoms with Gasteiger partial charge in [0.2, 0.25) is 0 Å². The smallest absolute Gasteiger partial charge is 0.264 e. The minimum atomic E-state index is -0.0264. The van der Waals surface area contributed by atoms with Crippen LogP contribution in [0.4, 0.5) is 0 Å². The molecule has 25 rings (SSSR count). The quantitative estimate of drug-likeness (QED) is 0.166. The fourth-order valence-electron chi connectivity index (χ4n) is 17.4. The zero-order chi connectivity index (χ0) is 75.8. The van der Waals surface area contributed by atoms with Crippen molar-refractivity contribution in [2.24, 2.45) is 0 Å². The number of hydrogen-bond donors (Lipinski definition) is 0. The lowest BCUT2D eigenvalue weighted by atomic mass is 9.94. The van der Waals surface area contributed by atoms with Crippen LogP contribution in [0.15, 0.2) is 383 Å². The number of hydrogen-bond acceptors (Lipinski definition) is 8. The van der Waals surface area contributed by atoms with E-state index >= 15 is 0 Å². The monoisotopic (exact) mass is 1460 g/mol. The van der Waals surface area contributed by atoms with Crippen LogP contribution in [0.3, 0.4) is 0 Å². The average molecular weight is 1460 g/mol. The Balaban J connectivity index is 0.0000000930. The molecule has 17 aromatic carbocycles. The second kappa shape index (κ2) is 26.0. The third-order valence-electron chi connectivity index (χ3n) is 22.6. The highest BCUT2D eigenvalue weighted by Crippen LogP contribution is 2.41. The number of benzene rings is 17. The first-order valence-electron chi connectivity index (χ1n) is 37.9. The third kappa shape index (κ3) is 10.2. The molecule has 114 heavy (non-hydrogen) atoms. The van der Waals surface area contributed by atoms with Gasteiger partial charge < -0.3 is 0 Å². The maximum atomic E-state index is 13.8. The molecule has 8 aromatic heterocycles. The average Bonchev–Trinajstić information content (AvgIpc) is 1.51. The van der Waals surface area contributed by atoms with E-state index in [2.05, 4.69) is 133 Å². The molecule has 0 atom stereocenters. The van der Waals surface area contributed by atoms with Crippen molar-refractivity contribution >= 4 is 153 Å². The molecule has 12 heteroatoms. The van der Waals surface area contributed by atoms with E-state index in [0.29, 0.717) is 5.65 Å². The van der Waals surface area contributed by atoms with E-state index in [4.69, 9.17) is 19.9 Å². The van der Waals surface area contributed by atoms with Crippen molar-refractivity contribution in [2.45, 2.75) is 0 Å². The van der Waals surface area contributed by atoms with Gasteiger partial charge in [-0.2, -0.15) is 0 Å². The number of aromatic nitrogens is 8. The van der Waals surface area contributed by atoms with E-state index in [1.54, 1.807) is 13.2 Å². The fourth-order valence-corrected chi connectivity index (χ4v) is 17.4. The van der Waals surface area contributed by atoms with Gasteiger partial charge in [-0.15, -0.1) is 0 Å². The van der Waals surface area contributed by atoms with Crippen LogP contribution in [0, 0.1) is 0 Å². The van der Waals surface area contributed by atoms with Crippen LogP contribution in [0.25, 0.3) is 209 Å². The molecule has 0 fully saturated rings. The number of imidazole rings is 4. The van der Waals surface area contributed by atoms with E-state index in [-0.39, 0.29) is 22.2 Å². The molecule has 8 heterocycles. The summed E-state index contributed by atoms with van der Waals surface area (Å²) in [5.74, 6) is 0. The molecule has 0 amide bonds. The number of nitrogens with zero attached hydrogens (tertiary/aromatic N) is 8. The van der Waals surface area contributed by atoms with Crippen molar-refractivity contribution in [3.05, 3.63) is 405 Å². The summed E-state index contributed by atoms with van der Waals surface area (Å²) in [5.41, 5.74) is 20.6. The molecule has 0 aliphatic rings. The molecule has 0 N–H and O–H groups in total. The van der Waals surface area contributed by atoms with Crippen LogP contribution >= 0.6 is 0 Å². The van der Waals surface area contributed by atoms with Crippen molar-refractivity contribution in [3.8, 4) is 55.6 Å². The number of fused-ring (bicyclic) bond motifs is 16. The zero-order valence-electron chi connectivity index (χ0n) is 60.9. The van der Waals surface area contributed by atoms with Crippen molar-refractivity contribution < 1.29 is 0 Å². The first-order valence-corrected chi connectivity index (χ1v) is 37.9. The Morgan fingerprint density at radius 1 is 0.184 bits per heavy atom. The minimum Gasteiger partial charge on any atom is -0.268 e. The van der Waals surface area contributed by atoms with Gasteiger partial charge in [-0.25, -0.2) is 19.9 Å². The highest BCUT2D eigenvalue weighted by atomic mass is 16.1. The van der Waals surface area contributed by atoms with Gasteiger partial charge in [-0.3, -0.25) is 36.8 Å². The Bertz CT molecular complexity index is 8380. The van der Waals surface area contributed by atoms with Gasteiger partial charge in [0.1, 0.15) is 22.6 Å². The van der Waals surface area contributed by atoms with Gasteiger partial charge in [-0.05, 0) is 150 Å². The summed E-state index contributed by atoms with van der Waals surface area (Å²) in [6.07, 6.45) is 0. The van der Waals surface area contributed by atoms with E-state index in [0.717, 1.165) is 203 Å². The summed E-state index contributed by atoms with van der Waals surface area (Å²) in [7, 11) is 0. The van der Waals surface area contributed by atoms with E-state index in [1.807, 2.05) is 235 Å². The van der Waals surface area contributed by atoms with Gasteiger partial charge in [0, 0.05) is 70.2 Å². The van der Waals surface area contributed by atoms with Crippen LogP contribution in [-0.2, 0) is 0 Å². The first kappa shape index (κ1) is 65.4. The largest absolute Gasteiger partial charge is 0.268 e. The second-order valence-corrected chi connectivity index (χ2v) is 28.9. The summed E-state index contributed by atoms with van der Waals surface area (Å²) in [6, 6.07) is 122. The summed E-state index contributed by atoms with van der Waals surface area (Å²) >= 11 is 0. The lowest BCUT2D eigenvalue weighted by molar-refractivity contribution is 1.19. The molecule has 0 aliphatic heterocycles. The molecule has 0 spiro atoms. The fraction of sp³-hybridized carbons (Fsp3) is 0. The third-order valence-corrected chi connectivity index (χ3v) is 22.6. The van der Waals surface area contributed by atoms with Gasteiger partial charge >= 0.3 is 0 Å². The predicted molar refractivity (Wildman–Crippen MR) is 468 cm³/mol. The molecule has 0 bridgehead atoms. The SMILES string of the molecule is O=c1c2cccc3c(-c4ccccc4)ccc(c32)c2nc3ccccc3n12.O=c1c2cccc3cccc(c32)c2nc3cc(-c4ccccc4)cc(-c4ccccc4)c3n12.O=c1c2cccc3cccc(c32)c2nc3cc(-c4ccccc4)ccc3n12.O=c1c2cccc3cccc(c32)c2nc3ccc(-c4ccccc4)cc3n12. The van der Waals surface area contributed by atoms with Crippen LogP contribution < -0.4 is 22.2 Å². The van der Waals surface area contributed by atoms with Crippen LogP contribution in [0.2, 0.25) is 0 Å². The minimum absolute atomic E-state index is 0.00994. The maximum Gasteiger partial charge on any atom is 0.264 e. The van der Waals surface area contributed by atoms with Crippen molar-refractivity contribution in [1.82, 2.24) is 37.5 Å². The summed E-state index contributed by atoms with van der Waals surface area (Å²) in [6.45, 7) is 0. The summed E-state index contributed by atoms with van der Waals surface area (Å²) < 4.78 is 7.07. The van der Waals surface area contributed by atoms with Crippen LogP contribution in [-0.4, -0.2) is 37.5 Å². The molecule has 532 valence electrons. The van der Waals surface area contributed by atoms with E-state index in [1.165, 1.54) is 0 Å². The predicted octanol–water partition coefficient (Wildman–Crippen LogP) is 22.7. The summed E-state index contributed by atoms with van der Waals surface area (Å²) in [5, 5.41) is 15.2. The molecule has 0 saturated heterocycles. The van der Waals surface area contributed by atoms with Crippen molar-refractivity contribution in [2.75, 3.05) is 0 Å². The van der Waals surface area contributed by atoms with Crippen LogP contribution in [0.5, 0.6) is 0 Å². The van der Waals surface area contributed by atoms with Crippen LogP contribution in [0.1, 0.15) is 0 Å². The Morgan fingerprint density at radius 2 is 0.526 bits per heavy atom. The molecule has 12 nitrogen and oxygen atoms in total. The zero-order valence-corrected chi connectivity index (χ0v) is 60.9. The Labute approximate surface area is 647 Å². The Morgan fingerprint density at radius 3 is 1.04 bits per heavy atom. The van der Waals surface area contributed by atoms with Gasteiger partial charge in [0.05, 0.1) is 44.1 Å². The molecule has 0 unspecified atom stereocenters. The van der Waals surface area contributed by atoms with Crippen molar-refractivity contribution in [3.63, 3.8) is 0 Å². The molecule has 0 radical (unpaired) electrons. The van der Waals surface area contributed by atoms with Gasteiger partial charge in [0.25, 0.3) is 22.2 Å². The Kier molecular flexibility index (Phi) is 14.9. The van der Waals surface area contributed by atoms with E-state index in [9.17, 15) is 19.2 Å². The molecule has 0 saturated carbocycles. The highest BCUT2D eigenvalue weighted by molar-refractivity contribution is 6.21. The first-order chi connectivity index (χ1) is 56.2. The lowest BCUT2D eigenvalue weighted by Crippen LogP contribution is -2.13. The number of pyridine rings is 4. The molecule has 25 aromatic rings. The molecule has 0 aliphatic carbocycles. The molecular weight excluding hydrogens is 1400 g/mol. The van der Waals surface area contributed by atoms with Gasteiger partial charge in [-0.1, -0.05) is 285 Å². The summed E-state index contributed by atoms with van der Waals surface area (Å²) in [4.78, 5) is 73.2. The lowest BCUT2D eigenvalue weighted by Gasteiger charge is -2.11. The van der Waals surface area contributed by atoms with E-state index < -0.39 is 0 Å². The Hall–Kier alpha value is -15.7. The standard InChI is InChI=1S/C30H18N2O.3C24H14N2O/c33-30-24-16-8-14-21-13-7-15-23(27(21)24)29-31-26-18-22(19-9-3-1-4-10-19)17-25(28(26)32(29)30)20-11-5-2-6-12-20;27-24-19-11-5-9-16-8-4-10-18(22(16)19)23-25-20-14-17(12-13-21(20)26(23)24)15-6-2-1-3-7-15;27-24-19-11-5-9-16-8-4-10-18(22(16)19)23-25-20-13-12-17(14-21(20)26(23)24)15-6-2-1-3-7-15;27-24-19-10-6-9-17-16(15-7-2-1-3-8-15)13-14-18(22(17)19)23-25-20-11-4-5-12-21(20)26(23)24/h1-18H;3*1-14H. The van der Waals surface area contributed by atoms with Crippen molar-refractivity contribution in [1.29, 1.82) is 0 Å². The number of para-hydroxylation sites is 2.